The van der Waals surface area contributed by atoms with Crippen molar-refractivity contribution in [2.24, 2.45) is 0 Å². The fourth-order valence-corrected chi connectivity index (χ4v) is 2.41. The standard InChI is InChI=1S/C17H22N4O3/c1-11-7-12(2)9-14(8-11)21-15(10-13(3)20-21)19-16(22)5-6-18-17(23)24-4/h7-10H,5-6H2,1-4H3,(H,18,23)(H,19,22). The van der Waals surface area contributed by atoms with Crippen molar-refractivity contribution in [3.05, 3.63) is 41.1 Å². The molecule has 7 nitrogen and oxygen atoms in total. The summed E-state index contributed by atoms with van der Waals surface area (Å²) in [5.74, 6) is 0.387. The molecule has 7 heteroatoms. The molecule has 2 aromatic rings. The predicted octanol–water partition coefficient (Wildman–Crippen LogP) is 2.48. The van der Waals surface area contributed by atoms with E-state index in [9.17, 15) is 9.59 Å². The highest BCUT2D eigenvalue weighted by molar-refractivity contribution is 5.90. The summed E-state index contributed by atoms with van der Waals surface area (Å²) in [6.45, 7) is 6.11. The second kappa shape index (κ2) is 7.63. The van der Waals surface area contributed by atoms with E-state index in [0.29, 0.717) is 5.82 Å². The number of aryl methyl sites for hydroxylation is 3. The van der Waals surface area contributed by atoms with Crippen molar-refractivity contribution < 1.29 is 14.3 Å². The van der Waals surface area contributed by atoms with Gasteiger partial charge >= 0.3 is 6.09 Å². The highest BCUT2D eigenvalue weighted by Gasteiger charge is 2.12. The average Bonchev–Trinajstić information content (AvgIpc) is 2.86. The zero-order valence-electron chi connectivity index (χ0n) is 14.3. The van der Waals surface area contributed by atoms with Crippen LogP contribution >= 0.6 is 0 Å². The molecule has 0 saturated carbocycles. The molecule has 128 valence electrons. The maximum atomic E-state index is 12.1. The molecule has 0 aliphatic heterocycles. The summed E-state index contributed by atoms with van der Waals surface area (Å²) in [6, 6.07) is 7.90. The van der Waals surface area contributed by atoms with Crippen LogP contribution in [0.4, 0.5) is 10.6 Å². The number of alkyl carbamates (subject to hydrolysis) is 1. The largest absolute Gasteiger partial charge is 0.453 e. The summed E-state index contributed by atoms with van der Waals surface area (Å²) >= 11 is 0. The highest BCUT2D eigenvalue weighted by atomic mass is 16.5. The van der Waals surface area contributed by atoms with Crippen molar-refractivity contribution in [1.82, 2.24) is 15.1 Å². The number of nitrogens with zero attached hydrogens (tertiary/aromatic N) is 2. The Bertz CT molecular complexity index is 732. The van der Waals surface area contributed by atoms with Crippen LogP contribution in [0.5, 0.6) is 0 Å². The van der Waals surface area contributed by atoms with Gasteiger partial charge < -0.3 is 15.4 Å². The molecule has 0 atom stereocenters. The molecule has 2 N–H and O–H groups in total. The van der Waals surface area contributed by atoms with Gasteiger partial charge in [-0.15, -0.1) is 0 Å². The summed E-state index contributed by atoms with van der Waals surface area (Å²) < 4.78 is 6.17. The quantitative estimate of drug-likeness (QED) is 0.882. The first-order valence-electron chi connectivity index (χ1n) is 7.66. The number of hydrogen-bond acceptors (Lipinski definition) is 4. The molecule has 0 spiro atoms. The van der Waals surface area contributed by atoms with Gasteiger partial charge in [0.25, 0.3) is 0 Å². The van der Waals surface area contributed by atoms with Gasteiger partial charge in [0.15, 0.2) is 0 Å². The number of amides is 2. The van der Waals surface area contributed by atoms with Crippen LogP contribution in [0, 0.1) is 20.8 Å². The Morgan fingerprint density at radius 2 is 1.79 bits per heavy atom. The van der Waals surface area contributed by atoms with Crippen molar-refractivity contribution >= 4 is 17.8 Å². The Morgan fingerprint density at radius 3 is 2.42 bits per heavy atom. The van der Waals surface area contributed by atoms with Crippen LogP contribution in [0.3, 0.4) is 0 Å². The molecule has 24 heavy (non-hydrogen) atoms. The van der Waals surface area contributed by atoms with Crippen LogP contribution in [0.1, 0.15) is 23.2 Å². The van der Waals surface area contributed by atoms with Gasteiger partial charge in [-0.25, -0.2) is 9.48 Å². The van der Waals surface area contributed by atoms with Crippen molar-refractivity contribution in [3.63, 3.8) is 0 Å². The fourth-order valence-electron chi connectivity index (χ4n) is 2.41. The maximum absolute atomic E-state index is 12.1. The molecule has 2 amide bonds. The Balaban J connectivity index is 2.11. The van der Waals surface area contributed by atoms with E-state index >= 15 is 0 Å². The third kappa shape index (κ3) is 4.58. The number of carbonyl (C=O) groups is 2. The van der Waals surface area contributed by atoms with Crippen molar-refractivity contribution in [2.45, 2.75) is 27.2 Å². The highest BCUT2D eigenvalue weighted by Crippen LogP contribution is 2.19. The summed E-state index contributed by atoms with van der Waals surface area (Å²) in [7, 11) is 1.28. The molecule has 1 aromatic heterocycles. The van der Waals surface area contributed by atoms with E-state index in [1.165, 1.54) is 7.11 Å². The van der Waals surface area contributed by atoms with Gasteiger partial charge in [0.2, 0.25) is 5.91 Å². The Morgan fingerprint density at radius 1 is 1.12 bits per heavy atom. The Hall–Kier alpha value is -2.83. The van der Waals surface area contributed by atoms with E-state index in [2.05, 4.69) is 26.5 Å². The summed E-state index contributed by atoms with van der Waals surface area (Å²) in [5, 5.41) is 9.75. The van der Waals surface area contributed by atoms with Crippen LogP contribution < -0.4 is 10.6 Å². The molecule has 0 radical (unpaired) electrons. The van der Waals surface area contributed by atoms with Crippen molar-refractivity contribution in [3.8, 4) is 5.69 Å². The van der Waals surface area contributed by atoms with E-state index in [0.717, 1.165) is 22.5 Å². The number of methoxy groups -OCH3 is 1. The molecule has 0 unspecified atom stereocenters. The molecule has 0 aliphatic rings. The average molecular weight is 330 g/mol. The van der Waals surface area contributed by atoms with E-state index in [1.807, 2.05) is 39.0 Å². The second-order valence-electron chi connectivity index (χ2n) is 5.65. The van der Waals surface area contributed by atoms with E-state index in [1.54, 1.807) is 4.68 Å². The van der Waals surface area contributed by atoms with Gasteiger partial charge in [0.05, 0.1) is 18.5 Å². The normalized spacial score (nSPS) is 10.3. The first-order valence-corrected chi connectivity index (χ1v) is 7.66. The summed E-state index contributed by atoms with van der Waals surface area (Å²) in [5.41, 5.74) is 3.94. The van der Waals surface area contributed by atoms with Crippen LogP contribution in [-0.4, -0.2) is 35.4 Å². The van der Waals surface area contributed by atoms with Crippen molar-refractivity contribution in [2.75, 3.05) is 19.0 Å². The SMILES string of the molecule is COC(=O)NCCC(=O)Nc1cc(C)nn1-c1cc(C)cc(C)c1. The number of hydrogen-bond donors (Lipinski definition) is 2. The van der Waals surface area contributed by atoms with E-state index < -0.39 is 6.09 Å². The molecule has 1 heterocycles. The van der Waals surface area contributed by atoms with Gasteiger partial charge in [-0.2, -0.15) is 5.10 Å². The smallest absolute Gasteiger partial charge is 0.406 e. The molecular formula is C17H22N4O3. The van der Waals surface area contributed by atoms with Crippen LogP contribution in [-0.2, 0) is 9.53 Å². The van der Waals surface area contributed by atoms with Gasteiger partial charge in [-0.1, -0.05) is 6.07 Å². The summed E-state index contributed by atoms with van der Waals surface area (Å²) in [6.07, 6.45) is -0.412. The lowest BCUT2D eigenvalue weighted by Crippen LogP contribution is -2.27. The lowest BCUT2D eigenvalue weighted by atomic mass is 10.1. The lowest BCUT2D eigenvalue weighted by molar-refractivity contribution is -0.116. The molecule has 0 saturated heterocycles. The number of benzene rings is 1. The molecule has 0 bridgehead atoms. The predicted molar refractivity (Wildman–Crippen MR) is 91.4 cm³/mol. The third-order valence-corrected chi connectivity index (χ3v) is 3.36. The number of carbonyl (C=O) groups excluding carboxylic acids is 2. The van der Waals surface area contributed by atoms with Crippen molar-refractivity contribution in [1.29, 1.82) is 0 Å². The number of rotatable bonds is 5. The monoisotopic (exact) mass is 330 g/mol. The zero-order chi connectivity index (χ0) is 17.7. The molecule has 0 fully saturated rings. The van der Waals surface area contributed by atoms with Gasteiger partial charge in [-0.05, 0) is 44.0 Å². The van der Waals surface area contributed by atoms with E-state index in [4.69, 9.17) is 0 Å². The molecule has 2 rings (SSSR count). The lowest BCUT2D eigenvalue weighted by Gasteiger charge is -2.11. The topological polar surface area (TPSA) is 85.2 Å². The van der Waals surface area contributed by atoms with Crippen LogP contribution in [0.15, 0.2) is 24.3 Å². The summed E-state index contributed by atoms with van der Waals surface area (Å²) in [4.78, 5) is 23.0. The minimum atomic E-state index is -0.557. The van der Waals surface area contributed by atoms with Gasteiger partial charge in [0.1, 0.15) is 5.82 Å². The van der Waals surface area contributed by atoms with E-state index in [-0.39, 0.29) is 18.9 Å². The third-order valence-electron chi connectivity index (χ3n) is 3.36. The number of anilines is 1. The minimum absolute atomic E-state index is 0.145. The van der Waals surface area contributed by atoms with Crippen LogP contribution in [0.2, 0.25) is 0 Å². The molecular weight excluding hydrogens is 308 g/mol. The molecule has 0 aliphatic carbocycles. The van der Waals surface area contributed by atoms with Gasteiger partial charge in [0, 0.05) is 19.0 Å². The first kappa shape index (κ1) is 17.5. The fraction of sp³-hybridized carbons (Fsp3) is 0.353. The Kier molecular flexibility index (Phi) is 5.57. The van der Waals surface area contributed by atoms with Crippen LogP contribution in [0.25, 0.3) is 5.69 Å². The zero-order valence-corrected chi connectivity index (χ0v) is 14.3. The van der Waals surface area contributed by atoms with Gasteiger partial charge in [-0.3, -0.25) is 4.79 Å². The number of nitrogens with one attached hydrogen (secondary N) is 2. The second-order valence-corrected chi connectivity index (χ2v) is 5.65. The maximum Gasteiger partial charge on any atom is 0.406 e. The first-order chi connectivity index (χ1) is 11.4. The molecule has 1 aromatic carbocycles. The minimum Gasteiger partial charge on any atom is -0.453 e. The Labute approximate surface area is 141 Å². The number of aromatic nitrogens is 2. The number of ether oxygens (including phenoxy) is 1.